The van der Waals surface area contributed by atoms with Crippen molar-refractivity contribution in [3.63, 3.8) is 0 Å². The smallest absolute Gasteiger partial charge is 0.321 e. The first kappa shape index (κ1) is 16.8. The molecule has 9 heteroatoms. The van der Waals surface area contributed by atoms with Crippen molar-refractivity contribution in [2.75, 3.05) is 6.54 Å². The number of rotatable bonds is 7. The molecule has 0 fully saturated rings. The molecule has 0 saturated heterocycles. The molecule has 1 aromatic rings. The second kappa shape index (κ2) is 6.98. The highest BCUT2D eigenvalue weighted by Crippen LogP contribution is 2.22. The number of halogens is 2. The van der Waals surface area contributed by atoms with Gasteiger partial charge in [0.25, 0.3) is 0 Å². The molecule has 0 heterocycles. The van der Waals surface area contributed by atoms with Gasteiger partial charge in [0.2, 0.25) is 10.0 Å². The van der Waals surface area contributed by atoms with Crippen LogP contribution in [0.25, 0.3) is 0 Å². The maximum atomic E-state index is 12.9. The van der Waals surface area contributed by atoms with Crippen LogP contribution in [0.1, 0.15) is 12.8 Å². The standard InChI is InChI=1S/C11H14ClFN2O4S/c12-8-6-7(13)3-4-10(8)20(18,19)15-9(11(16)17)2-1-5-14/h3-4,6,9,15H,1-2,5,14H2,(H,16,17)/t9-/m1/s1. The average molecular weight is 325 g/mol. The van der Waals surface area contributed by atoms with E-state index >= 15 is 0 Å². The summed E-state index contributed by atoms with van der Waals surface area (Å²) in [5.74, 6) is -2.01. The van der Waals surface area contributed by atoms with Crippen LogP contribution in [0.4, 0.5) is 4.39 Å². The molecule has 4 N–H and O–H groups in total. The van der Waals surface area contributed by atoms with Crippen molar-refractivity contribution >= 4 is 27.6 Å². The van der Waals surface area contributed by atoms with Crippen LogP contribution in [0.5, 0.6) is 0 Å². The Morgan fingerprint density at radius 2 is 2.15 bits per heavy atom. The first-order valence-electron chi connectivity index (χ1n) is 5.68. The Kier molecular flexibility index (Phi) is 5.88. The quantitative estimate of drug-likeness (QED) is 0.691. The molecule has 6 nitrogen and oxygen atoms in total. The molecule has 0 radical (unpaired) electrons. The van der Waals surface area contributed by atoms with E-state index in [1.165, 1.54) is 0 Å². The number of hydrogen-bond donors (Lipinski definition) is 3. The molecule has 0 aliphatic heterocycles. The minimum atomic E-state index is -4.15. The van der Waals surface area contributed by atoms with Gasteiger partial charge in [-0.05, 0) is 37.6 Å². The number of benzene rings is 1. The average Bonchev–Trinajstić information content (AvgIpc) is 2.33. The van der Waals surface area contributed by atoms with Crippen molar-refractivity contribution in [1.29, 1.82) is 0 Å². The van der Waals surface area contributed by atoms with E-state index in [1.807, 2.05) is 4.72 Å². The summed E-state index contributed by atoms with van der Waals surface area (Å²) in [7, 11) is -4.15. The molecule has 0 aromatic heterocycles. The minimum Gasteiger partial charge on any atom is -0.480 e. The Morgan fingerprint density at radius 1 is 1.50 bits per heavy atom. The second-order valence-electron chi connectivity index (χ2n) is 4.02. The van der Waals surface area contributed by atoms with Crippen molar-refractivity contribution in [2.24, 2.45) is 5.73 Å². The highest BCUT2D eigenvalue weighted by Gasteiger charge is 2.26. The van der Waals surface area contributed by atoms with Crippen LogP contribution in [0.3, 0.4) is 0 Å². The SMILES string of the molecule is NCCC[C@@H](NS(=O)(=O)c1ccc(F)cc1Cl)C(=O)O. The number of sulfonamides is 1. The van der Waals surface area contributed by atoms with Crippen molar-refractivity contribution in [2.45, 2.75) is 23.8 Å². The highest BCUT2D eigenvalue weighted by molar-refractivity contribution is 7.89. The van der Waals surface area contributed by atoms with Crippen LogP contribution in [0.2, 0.25) is 5.02 Å². The van der Waals surface area contributed by atoms with E-state index in [4.69, 9.17) is 22.4 Å². The number of carbonyl (C=O) groups is 1. The number of nitrogens with one attached hydrogen (secondary N) is 1. The summed E-state index contributed by atoms with van der Waals surface area (Å²) in [6, 6.07) is 1.42. The van der Waals surface area contributed by atoms with Crippen LogP contribution >= 0.6 is 11.6 Å². The third-order valence-corrected chi connectivity index (χ3v) is 4.43. The molecular weight excluding hydrogens is 311 g/mol. The van der Waals surface area contributed by atoms with E-state index in [0.29, 0.717) is 6.42 Å². The summed E-state index contributed by atoms with van der Waals surface area (Å²) < 4.78 is 39.0. The van der Waals surface area contributed by atoms with Gasteiger partial charge < -0.3 is 10.8 Å². The molecular formula is C11H14ClFN2O4S. The van der Waals surface area contributed by atoms with Crippen LogP contribution in [-0.4, -0.2) is 32.1 Å². The maximum Gasteiger partial charge on any atom is 0.321 e. The van der Waals surface area contributed by atoms with Crippen LogP contribution in [0.15, 0.2) is 23.1 Å². The van der Waals surface area contributed by atoms with E-state index in [0.717, 1.165) is 18.2 Å². The number of aliphatic carboxylic acids is 1. The van der Waals surface area contributed by atoms with Crippen molar-refractivity contribution in [1.82, 2.24) is 4.72 Å². The Morgan fingerprint density at radius 3 is 2.65 bits per heavy atom. The van der Waals surface area contributed by atoms with Gasteiger partial charge in [-0.1, -0.05) is 11.6 Å². The van der Waals surface area contributed by atoms with Gasteiger partial charge in [0.05, 0.1) is 5.02 Å². The predicted molar refractivity (Wildman–Crippen MR) is 71.4 cm³/mol. The molecule has 0 unspecified atom stereocenters. The van der Waals surface area contributed by atoms with Gasteiger partial charge in [0, 0.05) is 0 Å². The second-order valence-corrected chi connectivity index (χ2v) is 6.11. The number of carboxylic acid groups (broad SMARTS) is 1. The highest BCUT2D eigenvalue weighted by atomic mass is 35.5. The maximum absolute atomic E-state index is 12.9. The molecule has 0 spiro atoms. The third-order valence-electron chi connectivity index (χ3n) is 2.48. The summed E-state index contributed by atoms with van der Waals surface area (Å²) in [5.41, 5.74) is 5.26. The first-order chi connectivity index (χ1) is 9.27. The molecule has 0 aliphatic carbocycles. The lowest BCUT2D eigenvalue weighted by atomic mass is 10.2. The lowest BCUT2D eigenvalue weighted by Crippen LogP contribution is -2.41. The molecule has 0 aliphatic rings. The monoisotopic (exact) mass is 324 g/mol. The number of carboxylic acids is 1. The van der Waals surface area contributed by atoms with E-state index in [1.54, 1.807) is 0 Å². The molecule has 1 atom stereocenters. The molecule has 1 aromatic carbocycles. The molecule has 1 rings (SSSR count). The zero-order chi connectivity index (χ0) is 15.3. The number of nitrogens with two attached hydrogens (primary N) is 1. The van der Waals surface area contributed by atoms with Crippen LogP contribution in [0, 0.1) is 5.82 Å². The van der Waals surface area contributed by atoms with Gasteiger partial charge in [0.1, 0.15) is 16.8 Å². The molecule has 20 heavy (non-hydrogen) atoms. The summed E-state index contributed by atoms with van der Waals surface area (Å²) in [6.07, 6.45) is 0.389. The molecule has 0 saturated carbocycles. The minimum absolute atomic E-state index is 0.0455. The fourth-order valence-electron chi connectivity index (χ4n) is 1.50. The number of hydrogen-bond acceptors (Lipinski definition) is 4. The van der Waals surface area contributed by atoms with E-state index < -0.39 is 27.9 Å². The van der Waals surface area contributed by atoms with E-state index in [2.05, 4.69) is 0 Å². The largest absolute Gasteiger partial charge is 0.480 e. The van der Waals surface area contributed by atoms with Crippen molar-refractivity contribution in [3.8, 4) is 0 Å². The lowest BCUT2D eigenvalue weighted by molar-refractivity contribution is -0.139. The zero-order valence-electron chi connectivity index (χ0n) is 10.3. The summed E-state index contributed by atoms with van der Waals surface area (Å²) in [6.45, 7) is 0.239. The first-order valence-corrected chi connectivity index (χ1v) is 7.54. The molecule has 112 valence electrons. The predicted octanol–water partition coefficient (Wildman–Crippen LogP) is 0.950. The van der Waals surface area contributed by atoms with Crippen molar-refractivity contribution in [3.05, 3.63) is 29.0 Å². The van der Waals surface area contributed by atoms with Crippen LogP contribution in [-0.2, 0) is 14.8 Å². The molecule has 0 bridgehead atoms. The summed E-state index contributed by atoms with van der Waals surface area (Å²) in [5, 5.41) is 8.64. The van der Waals surface area contributed by atoms with Gasteiger partial charge in [0.15, 0.2) is 0 Å². The zero-order valence-corrected chi connectivity index (χ0v) is 11.9. The van der Waals surface area contributed by atoms with Crippen molar-refractivity contribution < 1.29 is 22.7 Å². The van der Waals surface area contributed by atoms with Gasteiger partial charge in [-0.15, -0.1) is 0 Å². The van der Waals surface area contributed by atoms with E-state index in [-0.39, 0.29) is 22.9 Å². The topological polar surface area (TPSA) is 109 Å². The van der Waals surface area contributed by atoms with Gasteiger partial charge in [-0.3, -0.25) is 4.79 Å². The Labute approximate surface area is 120 Å². The van der Waals surface area contributed by atoms with Gasteiger partial charge >= 0.3 is 5.97 Å². The molecule has 0 amide bonds. The Balaban J connectivity index is 3.00. The normalized spacial score (nSPS) is 13.2. The Hall–Kier alpha value is -1.22. The summed E-state index contributed by atoms with van der Waals surface area (Å²) >= 11 is 5.65. The Bertz CT molecular complexity index is 594. The summed E-state index contributed by atoms with van der Waals surface area (Å²) in [4.78, 5) is 10.6. The third kappa shape index (κ3) is 4.41. The van der Waals surface area contributed by atoms with Gasteiger partial charge in [-0.2, -0.15) is 4.72 Å². The lowest BCUT2D eigenvalue weighted by Gasteiger charge is -2.15. The fourth-order valence-corrected chi connectivity index (χ4v) is 3.25. The van der Waals surface area contributed by atoms with Crippen LogP contribution < -0.4 is 10.5 Å². The van der Waals surface area contributed by atoms with Gasteiger partial charge in [-0.25, -0.2) is 12.8 Å². The van der Waals surface area contributed by atoms with E-state index in [9.17, 15) is 17.6 Å². The fraction of sp³-hybridized carbons (Fsp3) is 0.364.